The van der Waals surface area contributed by atoms with Crippen molar-refractivity contribution in [3.63, 3.8) is 0 Å². The van der Waals surface area contributed by atoms with Gasteiger partial charge in [0.2, 0.25) is 0 Å². The van der Waals surface area contributed by atoms with Gasteiger partial charge in [-0.2, -0.15) is 0 Å². The van der Waals surface area contributed by atoms with Crippen molar-refractivity contribution < 1.29 is 4.39 Å². The van der Waals surface area contributed by atoms with Gasteiger partial charge in [0.05, 0.1) is 16.4 Å². The second kappa shape index (κ2) is 6.54. The molecule has 0 bridgehead atoms. The number of aromatic nitrogens is 3. The summed E-state index contributed by atoms with van der Waals surface area (Å²) in [5.41, 5.74) is 2.12. The van der Waals surface area contributed by atoms with Crippen LogP contribution >= 0.6 is 11.6 Å². The highest BCUT2D eigenvalue weighted by molar-refractivity contribution is 6.31. The molecule has 0 saturated carbocycles. The number of benzene rings is 1. The van der Waals surface area contributed by atoms with Gasteiger partial charge in [-0.05, 0) is 42.5 Å². The molecule has 0 aliphatic carbocycles. The highest BCUT2D eigenvalue weighted by atomic mass is 35.5. The van der Waals surface area contributed by atoms with E-state index in [1.54, 1.807) is 48.9 Å². The third-order valence-electron chi connectivity index (χ3n) is 3.22. The fourth-order valence-electron chi connectivity index (χ4n) is 2.12. The Morgan fingerprint density at radius 2 is 2.09 bits per heavy atom. The maximum absolute atomic E-state index is 13.3. The van der Waals surface area contributed by atoms with Crippen molar-refractivity contribution in [1.29, 1.82) is 5.41 Å². The molecule has 0 amide bonds. The first kappa shape index (κ1) is 15.1. The lowest BCUT2D eigenvalue weighted by molar-refractivity contribution is 0.628. The molecule has 0 aliphatic rings. The van der Waals surface area contributed by atoms with Gasteiger partial charge in [-0.1, -0.05) is 11.6 Å². The largest absolute Gasteiger partial charge is 0.345 e. The molecular formula is C17H12ClFN4. The van der Waals surface area contributed by atoms with Gasteiger partial charge in [0.1, 0.15) is 11.6 Å². The van der Waals surface area contributed by atoms with Crippen LogP contribution in [0, 0.1) is 11.2 Å². The van der Waals surface area contributed by atoms with E-state index < -0.39 is 5.82 Å². The maximum Gasteiger partial charge on any atom is 0.141 e. The first-order valence-electron chi connectivity index (χ1n) is 6.82. The van der Waals surface area contributed by atoms with E-state index >= 15 is 0 Å². The van der Waals surface area contributed by atoms with E-state index in [0.29, 0.717) is 22.6 Å². The van der Waals surface area contributed by atoms with E-state index in [1.807, 2.05) is 0 Å². The van der Waals surface area contributed by atoms with E-state index in [9.17, 15) is 4.39 Å². The third-order valence-corrected chi connectivity index (χ3v) is 3.51. The molecule has 0 atom stereocenters. The molecular weight excluding hydrogens is 315 g/mol. The minimum absolute atomic E-state index is 0.0248. The summed E-state index contributed by atoms with van der Waals surface area (Å²) in [5, 5.41) is 8.27. The van der Waals surface area contributed by atoms with Gasteiger partial charge < -0.3 is 10.4 Å². The van der Waals surface area contributed by atoms with Gasteiger partial charge in [0.15, 0.2) is 0 Å². The van der Waals surface area contributed by atoms with Crippen molar-refractivity contribution in [3.05, 3.63) is 77.2 Å². The average Bonchev–Trinajstić information content (AvgIpc) is 3.09. The van der Waals surface area contributed by atoms with Crippen molar-refractivity contribution in [2.75, 3.05) is 0 Å². The second-order valence-corrected chi connectivity index (χ2v) is 5.16. The van der Waals surface area contributed by atoms with Crippen LogP contribution in [0.4, 0.5) is 4.39 Å². The molecule has 0 spiro atoms. The Bertz CT molecular complexity index is 872. The molecule has 4 nitrogen and oxygen atoms in total. The molecule has 6 heteroatoms. The van der Waals surface area contributed by atoms with Crippen molar-refractivity contribution >= 4 is 23.4 Å². The van der Waals surface area contributed by atoms with Crippen LogP contribution in [-0.4, -0.2) is 20.7 Å². The molecule has 0 aliphatic heterocycles. The minimum Gasteiger partial charge on any atom is -0.345 e. The number of pyridine rings is 1. The molecule has 3 aromatic rings. The Labute approximate surface area is 137 Å². The quantitative estimate of drug-likeness (QED) is 0.700. The van der Waals surface area contributed by atoms with Gasteiger partial charge >= 0.3 is 0 Å². The summed E-state index contributed by atoms with van der Waals surface area (Å²) in [4.78, 5) is 11.3. The number of allylic oxidation sites excluding steroid dienone is 1. The van der Waals surface area contributed by atoms with Crippen LogP contribution < -0.4 is 0 Å². The van der Waals surface area contributed by atoms with E-state index in [2.05, 4.69) is 15.0 Å². The fourth-order valence-corrected chi connectivity index (χ4v) is 2.30. The standard InChI is InChI=1S/C17H12ClFN4/c18-13-10-11(3-4-14(13)19)17-12(2-1-7-23-17)15(20)5-6-16-21-8-9-22-16/h1-10,20H,(H,21,22)/b6-5-,20-15?. The summed E-state index contributed by atoms with van der Waals surface area (Å²) in [6, 6.07) is 7.93. The first-order valence-corrected chi connectivity index (χ1v) is 7.20. The normalized spacial score (nSPS) is 11.0. The lowest BCUT2D eigenvalue weighted by Gasteiger charge is -2.08. The van der Waals surface area contributed by atoms with Crippen molar-refractivity contribution in [1.82, 2.24) is 15.0 Å². The van der Waals surface area contributed by atoms with Crippen LogP contribution in [0.2, 0.25) is 5.02 Å². The van der Waals surface area contributed by atoms with Crippen LogP contribution in [0.25, 0.3) is 17.3 Å². The molecule has 2 N–H and O–H groups in total. The Kier molecular flexibility index (Phi) is 4.30. The van der Waals surface area contributed by atoms with Crippen LogP contribution in [-0.2, 0) is 0 Å². The third kappa shape index (κ3) is 3.35. The molecule has 23 heavy (non-hydrogen) atoms. The zero-order valence-corrected chi connectivity index (χ0v) is 12.7. The lowest BCUT2D eigenvalue weighted by atomic mass is 10.0. The molecule has 2 heterocycles. The van der Waals surface area contributed by atoms with Gasteiger partial charge in [-0.3, -0.25) is 4.98 Å². The Morgan fingerprint density at radius 1 is 1.22 bits per heavy atom. The monoisotopic (exact) mass is 326 g/mol. The van der Waals surface area contributed by atoms with Crippen LogP contribution in [0.5, 0.6) is 0 Å². The molecule has 0 unspecified atom stereocenters. The summed E-state index contributed by atoms with van der Waals surface area (Å²) in [7, 11) is 0. The topological polar surface area (TPSA) is 65.4 Å². The molecule has 0 saturated heterocycles. The number of imidazole rings is 1. The smallest absolute Gasteiger partial charge is 0.141 e. The summed E-state index contributed by atoms with van der Waals surface area (Å²) in [6.07, 6.45) is 8.31. The summed E-state index contributed by atoms with van der Waals surface area (Å²) >= 11 is 5.84. The Morgan fingerprint density at radius 3 is 2.83 bits per heavy atom. The highest BCUT2D eigenvalue weighted by Crippen LogP contribution is 2.26. The Balaban J connectivity index is 1.97. The SMILES string of the molecule is N=C(/C=C\c1ncc[nH]1)c1cccnc1-c1ccc(F)c(Cl)c1. The van der Waals surface area contributed by atoms with Crippen molar-refractivity contribution in [3.8, 4) is 11.3 Å². The molecule has 0 fully saturated rings. The Hall–Kier alpha value is -2.79. The molecule has 1 aromatic carbocycles. The van der Waals surface area contributed by atoms with Crippen LogP contribution in [0.1, 0.15) is 11.4 Å². The number of H-pyrrole nitrogens is 1. The van der Waals surface area contributed by atoms with E-state index in [1.165, 1.54) is 12.1 Å². The van der Waals surface area contributed by atoms with Gasteiger partial charge in [0.25, 0.3) is 0 Å². The summed E-state index contributed by atoms with van der Waals surface area (Å²) in [5.74, 6) is 0.172. The number of nitrogens with zero attached hydrogens (tertiary/aromatic N) is 2. The first-order chi connectivity index (χ1) is 11.1. The molecule has 2 aromatic heterocycles. The number of hydrogen-bond acceptors (Lipinski definition) is 3. The number of nitrogens with one attached hydrogen (secondary N) is 2. The number of aromatic amines is 1. The van der Waals surface area contributed by atoms with Gasteiger partial charge in [-0.15, -0.1) is 0 Å². The molecule has 0 radical (unpaired) electrons. The second-order valence-electron chi connectivity index (χ2n) is 4.75. The zero-order chi connectivity index (χ0) is 16.2. The van der Waals surface area contributed by atoms with Gasteiger partial charge in [0, 0.05) is 29.7 Å². The highest BCUT2D eigenvalue weighted by Gasteiger charge is 2.11. The van der Waals surface area contributed by atoms with Crippen LogP contribution in [0.15, 0.2) is 55.0 Å². The van der Waals surface area contributed by atoms with Crippen molar-refractivity contribution in [2.45, 2.75) is 0 Å². The summed E-state index contributed by atoms with van der Waals surface area (Å²) in [6.45, 7) is 0. The fraction of sp³-hybridized carbons (Fsp3) is 0. The number of rotatable bonds is 4. The van der Waals surface area contributed by atoms with Crippen LogP contribution in [0.3, 0.4) is 0 Å². The lowest BCUT2D eigenvalue weighted by Crippen LogP contribution is -2.00. The number of halogens is 2. The molecule has 114 valence electrons. The van der Waals surface area contributed by atoms with E-state index in [4.69, 9.17) is 17.0 Å². The zero-order valence-electron chi connectivity index (χ0n) is 11.9. The molecule has 3 rings (SSSR count). The van der Waals surface area contributed by atoms with E-state index in [-0.39, 0.29) is 10.7 Å². The number of hydrogen-bond donors (Lipinski definition) is 2. The minimum atomic E-state index is -0.485. The predicted octanol–water partition coefficient (Wildman–Crippen LogP) is 4.35. The maximum atomic E-state index is 13.3. The summed E-state index contributed by atoms with van der Waals surface area (Å²) < 4.78 is 13.3. The van der Waals surface area contributed by atoms with Crippen molar-refractivity contribution in [2.24, 2.45) is 0 Å². The average molecular weight is 327 g/mol. The van der Waals surface area contributed by atoms with Gasteiger partial charge in [-0.25, -0.2) is 9.37 Å². The predicted molar refractivity (Wildman–Crippen MR) is 89.1 cm³/mol. The van der Waals surface area contributed by atoms with E-state index in [0.717, 1.165) is 0 Å².